The third-order valence-electron chi connectivity index (χ3n) is 1.14. The zero-order valence-electron chi connectivity index (χ0n) is 6.59. The van der Waals surface area contributed by atoms with E-state index in [9.17, 15) is 0 Å². The highest BCUT2D eigenvalue weighted by Gasteiger charge is 2.10. The fourth-order valence-corrected chi connectivity index (χ4v) is 1.33. The molecule has 0 bridgehead atoms. The molecule has 0 heterocycles. The van der Waals surface area contributed by atoms with E-state index < -0.39 is 0 Å². The lowest BCUT2D eigenvalue weighted by atomic mass is 10.3. The Bertz CT molecular complexity index is 67.5. The van der Waals surface area contributed by atoms with Gasteiger partial charge in [0.1, 0.15) is 0 Å². The average molecular weight is 149 g/mol. The van der Waals surface area contributed by atoms with Crippen molar-refractivity contribution in [2.24, 2.45) is 0 Å². The van der Waals surface area contributed by atoms with Crippen molar-refractivity contribution < 1.29 is 4.62 Å². The van der Waals surface area contributed by atoms with Gasteiger partial charge in [-0.15, -0.1) is 0 Å². The Morgan fingerprint density at radius 1 is 1.11 bits per heavy atom. The monoisotopic (exact) mass is 149 g/mol. The van der Waals surface area contributed by atoms with Crippen LogP contribution in [0.15, 0.2) is 0 Å². The molecule has 0 radical (unpaired) electrons. The van der Waals surface area contributed by atoms with Crippen LogP contribution in [0.25, 0.3) is 0 Å². The number of rotatable bonds is 3. The molecule has 0 N–H and O–H groups in total. The smallest absolute Gasteiger partial charge is 0.0302 e. The van der Waals surface area contributed by atoms with Gasteiger partial charge in [0, 0.05) is 21.6 Å². The second-order valence-electron chi connectivity index (χ2n) is 2.65. The first kappa shape index (κ1) is 9.35. The lowest BCUT2D eigenvalue weighted by Gasteiger charge is -2.26. The Morgan fingerprint density at radius 3 is 1.44 bits per heavy atom. The molecule has 0 aliphatic heterocycles. The van der Waals surface area contributed by atoms with Gasteiger partial charge in [-0.1, -0.05) is 0 Å². The van der Waals surface area contributed by atoms with Crippen LogP contribution in [-0.4, -0.2) is 17.1 Å². The summed E-state index contributed by atoms with van der Waals surface area (Å²) in [7, 11) is 2.26. The van der Waals surface area contributed by atoms with Crippen LogP contribution in [-0.2, 0) is 4.62 Å². The van der Waals surface area contributed by atoms with Crippen LogP contribution in [0.1, 0.15) is 27.7 Å². The predicted octanol–water partition coefficient (Wildman–Crippen LogP) is 1.83. The van der Waals surface area contributed by atoms with Gasteiger partial charge >= 0.3 is 0 Å². The summed E-state index contributed by atoms with van der Waals surface area (Å²) in [5, 5.41) is 1.92. The molecule has 0 saturated heterocycles. The summed E-state index contributed by atoms with van der Waals surface area (Å²) < 4.78 is 5.02. The zero-order valence-corrected chi connectivity index (χ0v) is 7.74. The summed E-state index contributed by atoms with van der Waals surface area (Å²) in [5.41, 5.74) is 0. The Morgan fingerprint density at radius 2 is 1.44 bits per heavy atom. The van der Waals surface area contributed by atoms with E-state index in [0.717, 1.165) is 0 Å². The molecule has 0 amide bonds. The number of hydrogen-bond acceptors (Lipinski definition) is 2. The van der Waals surface area contributed by atoms with E-state index in [1.807, 2.05) is 5.06 Å². The molecule has 56 valence electrons. The summed E-state index contributed by atoms with van der Waals surface area (Å²) in [5.74, 6) is 0. The summed E-state index contributed by atoms with van der Waals surface area (Å²) >= 11 is 0. The molecule has 0 rings (SSSR count). The second-order valence-corrected chi connectivity index (χ2v) is 2.86. The van der Waals surface area contributed by atoms with Crippen molar-refractivity contribution in [3.8, 4) is 0 Å². The maximum Gasteiger partial charge on any atom is 0.0302 e. The molecule has 1 atom stereocenters. The summed E-state index contributed by atoms with van der Waals surface area (Å²) in [6.07, 6.45) is 0. The van der Waals surface area contributed by atoms with Gasteiger partial charge in [-0.2, -0.15) is 5.06 Å². The van der Waals surface area contributed by atoms with Gasteiger partial charge in [-0.3, -0.25) is 4.62 Å². The van der Waals surface area contributed by atoms with Crippen LogP contribution >= 0.6 is 9.47 Å². The van der Waals surface area contributed by atoms with Crippen molar-refractivity contribution >= 4 is 9.47 Å². The van der Waals surface area contributed by atoms with Gasteiger partial charge < -0.3 is 0 Å². The lowest BCUT2D eigenvalue weighted by molar-refractivity contribution is -0.0951. The zero-order chi connectivity index (χ0) is 7.44. The van der Waals surface area contributed by atoms with Crippen molar-refractivity contribution in [1.29, 1.82) is 0 Å². The minimum absolute atomic E-state index is 0.447. The fraction of sp³-hybridized carbons (Fsp3) is 1.00. The van der Waals surface area contributed by atoms with Gasteiger partial charge in [0.2, 0.25) is 0 Å². The molecule has 0 aromatic carbocycles. The molecule has 0 spiro atoms. The molecule has 2 nitrogen and oxygen atoms in total. The molecule has 0 aliphatic rings. The van der Waals surface area contributed by atoms with Crippen LogP contribution in [0.4, 0.5) is 0 Å². The molecular weight excluding hydrogens is 133 g/mol. The van der Waals surface area contributed by atoms with Gasteiger partial charge in [-0.05, 0) is 27.7 Å². The minimum atomic E-state index is 0.447. The maximum atomic E-state index is 5.02. The normalized spacial score (nSPS) is 12.0. The van der Waals surface area contributed by atoms with Crippen LogP contribution in [0.3, 0.4) is 0 Å². The van der Waals surface area contributed by atoms with Crippen molar-refractivity contribution in [3.63, 3.8) is 0 Å². The molecular formula is C6H16NOP. The highest BCUT2D eigenvalue weighted by atomic mass is 31.0. The van der Waals surface area contributed by atoms with E-state index in [0.29, 0.717) is 12.1 Å². The Labute approximate surface area is 59.8 Å². The van der Waals surface area contributed by atoms with E-state index in [-0.39, 0.29) is 0 Å². The van der Waals surface area contributed by atoms with Gasteiger partial charge in [0.15, 0.2) is 0 Å². The van der Waals surface area contributed by atoms with Crippen molar-refractivity contribution in [1.82, 2.24) is 5.06 Å². The highest BCUT2D eigenvalue weighted by Crippen LogP contribution is 2.07. The first-order valence-electron chi connectivity index (χ1n) is 3.24. The largest absolute Gasteiger partial charge is 0.283 e. The van der Waals surface area contributed by atoms with E-state index >= 15 is 0 Å². The van der Waals surface area contributed by atoms with Gasteiger partial charge in [0.05, 0.1) is 0 Å². The fourth-order valence-electron chi connectivity index (χ4n) is 0.840. The average Bonchev–Trinajstić information content (AvgIpc) is 1.64. The number of hydrogen-bond donors (Lipinski definition) is 0. The Balaban J connectivity index is 3.68. The van der Waals surface area contributed by atoms with Crippen molar-refractivity contribution in [2.75, 3.05) is 0 Å². The van der Waals surface area contributed by atoms with Crippen LogP contribution in [0, 0.1) is 0 Å². The quantitative estimate of drug-likeness (QED) is 0.448. The first-order valence-corrected chi connectivity index (χ1v) is 3.72. The third-order valence-corrected chi connectivity index (χ3v) is 1.38. The van der Waals surface area contributed by atoms with Crippen LogP contribution < -0.4 is 0 Å². The molecule has 0 saturated carbocycles. The van der Waals surface area contributed by atoms with E-state index in [2.05, 4.69) is 37.2 Å². The summed E-state index contributed by atoms with van der Waals surface area (Å²) in [6.45, 7) is 8.40. The number of nitrogens with zero attached hydrogens (tertiary/aromatic N) is 1. The molecule has 1 unspecified atom stereocenters. The molecule has 3 heteroatoms. The summed E-state index contributed by atoms with van der Waals surface area (Å²) in [6, 6.07) is 0.894. The highest BCUT2D eigenvalue weighted by molar-refractivity contribution is 7.09. The standard InChI is InChI=1S/C6H16NOP/c1-5(2)7(8-9)6(3)4/h5-6H,9H2,1-4H3. The molecule has 0 fully saturated rings. The van der Waals surface area contributed by atoms with E-state index in [4.69, 9.17) is 4.62 Å². The molecule has 0 aromatic rings. The second kappa shape index (κ2) is 4.21. The van der Waals surface area contributed by atoms with Gasteiger partial charge in [0.25, 0.3) is 0 Å². The third kappa shape index (κ3) is 3.14. The Hall–Kier alpha value is 0.350. The van der Waals surface area contributed by atoms with Crippen LogP contribution in [0.2, 0.25) is 0 Å². The van der Waals surface area contributed by atoms with Gasteiger partial charge in [-0.25, -0.2) is 0 Å². The maximum absolute atomic E-state index is 5.02. The lowest BCUT2D eigenvalue weighted by Crippen LogP contribution is -2.34. The first-order chi connectivity index (χ1) is 4.09. The van der Waals surface area contributed by atoms with Crippen molar-refractivity contribution in [3.05, 3.63) is 0 Å². The van der Waals surface area contributed by atoms with Crippen LogP contribution in [0.5, 0.6) is 0 Å². The minimum Gasteiger partial charge on any atom is -0.283 e. The van der Waals surface area contributed by atoms with E-state index in [1.165, 1.54) is 0 Å². The number of hydroxylamine groups is 2. The topological polar surface area (TPSA) is 12.5 Å². The van der Waals surface area contributed by atoms with Crippen molar-refractivity contribution in [2.45, 2.75) is 39.8 Å². The molecule has 0 aromatic heterocycles. The molecule has 9 heavy (non-hydrogen) atoms. The SMILES string of the molecule is CC(C)N(OP)C(C)C. The molecule has 0 aliphatic carbocycles. The Kier molecular flexibility index (Phi) is 4.37. The van der Waals surface area contributed by atoms with E-state index in [1.54, 1.807) is 0 Å². The predicted molar refractivity (Wildman–Crippen MR) is 42.9 cm³/mol. The summed E-state index contributed by atoms with van der Waals surface area (Å²) in [4.78, 5) is 0.